The smallest absolute Gasteiger partial charge is 0.469 e. The number of quaternary nitrogens is 1. The maximum Gasteiger partial charge on any atom is 0.469 e. The van der Waals surface area contributed by atoms with Crippen molar-refractivity contribution in [3.8, 4) is 0 Å². The molecule has 0 fully saturated rings. The van der Waals surface area contributed by atoms with E-state index in [2.05, 4.69) is 78.3 Å². The van der Waals surface area contributed by atoms with Crippen molar-refractivity contribution in [3.05, 3.63) is 0 Å². The van der Waals surface area contributed by atoms with Crippen LogP contribution in [0.5, 0.6) is 0 Å². The Morgan fingerprint density at radius 3 is 1.63 bits per heavy atom. The molecule has 0 aromatic carbocycles. The molecule has 0 rings (SSSR count). The van der Waals surface area contributed by atoms with Gasteiger partial charge in [0.25, 0.3) is 0 Å². The minimum absolute atomic E-state index is 0. The van der Waals surface area contributed by atoms with E-state index in [1.807, 2.05) is 0 Å². The third-order valence-corrected chi connectivity index (χ3v) is 17.0. The summed E-state index contributed by atoms with van der Waals surface area (Å²) in [6.45, 7) is 22.8. The molecule has 0 saturated carbocycles. The molecule has 7 nitrogen and oxygen atoms in total. The largest absolute Gasteiger partial charge is 1.00 e. The number of nitrogens with zero attached hydrogens (tertiary/aromatic N) is 1. The first-order valence-corrected chi connectivity index (χ1v) is 25.2. The van der Waals surface area contributed by atoms with Gasteiger partial charge in [-0.3, -0.25) is 4.79 Å². The Morgan fingerprint density at radius 2 is 1.20 bits per heavy atom. The number of nitrogens with one attached hydrogen (secondary N) is 1. The van der Waals surface area contributed by atoms with Crippen LogP contribution in [0.2, 0.25) is 65.0 Å². The molecular formula is C23H57IN2O5Si4. The zero-order valence-corrected chi connectivity index (χ0v) is 30.8. The molecule has 212 valence electrons. The average molecular weight is 681 g/mol. The Kier molecular flexibility index (Phi) is 18.2. The number of carbonyl (C=O) groups excluding carboxylic acids is 1. The van der Waals surface area contributed by atoms with Crippen LogP contribution < -0.4 is 29.3 Å². The molecule has 35 heavy (non-hydrogen) atoms. The Balaban J connectivity index is 0. The quantitative estimate of drug-likeness (QED) is 0.0946. The van der Waals surface area contributed by atoms with Crippen LogP contribution in [0.1, 0.15) is 38.5 Å². The van der Waals surface area contributed by atoms with Gasteiger partial charge in [0.2, 0.25) is 5.91 Å². The van der Waals surface area contributed by atoms with Gasteiger partial charge in [-0.1, -0.05) is 0 Å². The SMILES string of the molecule is C[N+](C)(CCCO)CCCCCC(=O)NCCC[Si](O[Si](C)(C)C)(O[Si](C)(C)C)O[Si](C)(C)C.[I-]. The van der Waals surface area contributed by atoms with Gasteiger partial charge >= 0.3 is 8.80 Å². The second-order valence-corrected chi connectivity index (χ2v) is 30.0. The highest BCUT2D eigenvalue weighted by atomic mass is 127. The van der Waals surface area contributed by atoms with Gasteiger partial charge in [0.1, 0.15) is 0 Å². The fourth-order valence-electron chi connectivity index (χ4n) is 3.85. The molecule has 0 spiro atoms. The standard InChI is InChI=1S/C23H56N2O5Si4.HI/c1-25(2,20-16-21-26)19-14-12-13-17-23(27)24-18-15-22-34(28-31(3,4)5,29-32(6,7)8)30-33(9,10)11;/h26H,12-22H2,1-11H3;1H. The molecule has 0 saturated heterocycles. The Bertz CT molecular complexity index is 553. The molecule has 0 atom stereocenters. The number of hydrogen-bond donors (Lipinski definition) is 2. The third kappa shape index (κ3) is 22.6. The highest BCUT2D eigenvalue weighted by Gasteiger charge is 2.49. The minimum Gasteiger partial charge on any atom is -1.00 e. The summed E-state index contributed by atoms with van der Waals surface area (Å²) in [4.78, 5) is 12.4. The summed E-state index contributed by atoms with van der Waals surface area (Å²) >= 11 is 0. The molecule has 0 aromatic rings. The first-order chi connectivity index (χ1) is 15.3. The van der Waals surface area contributed by atoms with Crippen LogP contribution in [0.4, 0.5) is 0 Å². The zero-order valence-electron chi connectivity index (χ0n) is 24.7. The number of unbranched alkanes of at least 4 members (excludes halogenated alkanes) is 2. The molecule has 0 aromatic heterocycles. The van der Waals surface area contributed by atoms with Crippen LogP contribution in [0, 0.1) is 0 Å². The van der Waals surface area contributed by atoms with E-state index in [1.54, 1.807) is 0 Å². The molecule has 0 bridgehead atoms. The van der Waals surface area contributed by atoms with Gasteiger partial charge in [-0.15, -0.1) is 0 Å². The van der Waals surface area contributed by atoms with Gasteiger partial charge in [0.05, 0.1) is 27.2 Å². The van der Waals surface area contributed by atoms with Crippen LogP contribution in [0.15, 0.2) is 0 Å². The van der Waals surface area contributed by atoms with E-state index < -0.39 is 33.8 Å². The molecule has 0 unspecified atom stereocenters. The molecule has 0 aliphatic carbocycles. The number of amides is 1. The van der Waals surface area contributed by atoms with Crippen molar-refractivity contribution >= 4 is 39.7 Å². The number of carbonyl (C=O) groups is 1. The van der Waals surface area contributed by atoms with Crippen LogP contribution in [-0.2, 0) is 17.1 Å². The number of halogens is 1. The van der Waals surface area contributed by atoms with Crippen molar-refractivity contribution < 1.29 is 50.7 Å². The third-order valence-electron chi connectivity index (χ3n) is 4.96. The average Bonchev–Trinajstić information content (AvgIpc) is 2.59. The molecule has 0 aliphatic heterocycles. The summed E-state index contributed by atoms with van der Waals surface area (Å²) < 4.78 is 21.0. The normalized spacial score (nSPS) is 13.5. The maximum absolute atomic E-state index is 12.4. The van der Waals surface area contributed by atoms with Gasteiger partial charge in [-0.25, -0.2) is 0 Å². The van der Waals surface area contributed by atoms with E-state index in [9.17, 15) is 4.79 Å². The molecule has 2 N–H and O–H groups in total. The summed E-state index contributed by atoms with van der Waals surface area (Å²) in [5, 5.41) is 12.1. The number of rotatable bonds is 19. The topological polar surface area (TPSA) is 77.0 Å². The molecular weight excluding hydrogens is 624 g/mol. The minimum atomic E-state index is -2.82. The van der Waals surface area contributed by atoms with Crippen LogP contribution >= 0.6 is 0 Å². The molecule has 0 heterocycles. The predicted octanol–water partition coefficient (Wildman–Crippen LogP) is 2.01. The van der Waals surface area contributed by atoms with E-state index in [0.29, 0.717) is 13.0 Å². The van der Waals surface area contributed by atoms with Crippen molar-refractivity contribution in [2.45, 2.75) is 103 Å². The van der Waals surface area contributed by atoms with Gasteiger partial charge in [-0.2, -0.15) is 0 Å². The lowest BCUT2D eigenvalue weighted by atomic mass is 10.1. The van der Waals surface area contributed by atoms with E-state index in [-0.39, 0.29) is 36.5 Å². The first-order valence-electron chi connectivity index (χ1n) is 13.1. The fraction of sp³-hybridized carbons (Fsp3) is 0.957. The van der Waals surface area contributed by atoms with E-state index in [1.165, 1.54) is 0 Å². The monoisotopic (exact) mass is 680 g/mol. The van der Waals surface area contributed by atoms with Crippen LogP contribution in [0.25, 0.3) is 0 Å². The second-order valence-electron chi connectivity index (χ2n) is 13.1. The van der Waals surface area contributed by atoms with E-state index in [0.717, 1.165) is 55.7 Å². The van der Waals surface area contributed by atoms with Crippen molar-refractivity contribution in [2.24, 2.45) is 0 Å². The lowest BCUT2D eigenvalue weighted by molar-refractivity contribution is -0.890. The number of hydrogen-bond acceptors (Lipinski definition) is 5. The Hall–Kier alpha value is 0.868. The van der Waals surface area contributed by atoms with Crippen LogP contribution in [0.3, 0.4) is 0 Å². The van der Waals surface area contributed by atoms with Crippen molar-refractivity contribution in [2.75, 3.05) is 40.3 Å². The number of aliphatic hydroxyl groups excluding tert-OH is 1. The lowest BCUT2D eigenvalue weighted by Gasteiger charge is -2.43. The summed E-state index contributed by atoms with van der Waals surface area (Å²) in [7, 11) is -4.01. The Labute approximate surface area is 238 Å². The van der Waals surface area contributed by atoms with Gasteiger partial charge in [0, 0.05) is 32.0 Å². The second kappa shape index (κ2) is 16.7. The summed E-state index contributed by atoms with van der Waals surface area (Å²) in [6.07, 6.45) is 5.32. The number of aliphatic hydroxyl groups is 1. The van der Waals surface area contributed by atoms with Crippen LogP contribution in [-0.4, -0.2) is 89.6 Å². The molecule has 1 amide bonds. The summed E-state index contributed by atoms with van der Waals surface area (Å²) in [6, 6.07) is 0.757. The summed E-state index contributed by atoms with van der Waals surface area (Å²) in [5.74, 6) is 0.129. The summed E-state index contributed by atoms with van der Waals surface area (Å²) in [5.41, 5.74) is 0. The van der Waals surface area contributed by atoms with Crippen molar-refractivity contribution in [1.29, 1.82) is 0 Å². The van der Waals surface area contributed by atoms with Gasteiger partial charge in [0.15, 0.2) is 25.0 Å². The molecule has 0 radical (unpaired) electrons. The van der Waals surface area contributed by atoms with E-state index in [4.69, 9.17) is 17.5 Å². The first kappa shape index (κ1) is 38.0. The van der Waals surface area contributed by atoms with Crippen molar-refractivity contribution in [1.82, 2.24) is 5.32 Å². The Morgan fingerprint density at radius 1 is 0.743 bits per heavy atom. The molecule has 12 heteroatoms. The van der Waals surface area contributed by atoms with Gasteiger partial charge in [-0.05, 0) is 84.6 Å². The fourth-order valence-corrected chi connectivity index (χ4v) is 18.5. The zero-order chi connectivity index (χ0) is 26.7. The highest BCUT2D eigenvalue weighted by Crippen LogP contribution is 2.29. The van der Waals surface area contributed by atoms with Crippen molar-refractivity contribution in [3.63, 3.8) is 0 Å². The van der Waals surface area contributed by atoms with E-state index >= 15 is 0 Å². The lowest BCUT2D eigenvalue weighted by Crippen LogP contribution is -3.00. The maximum atomic E-state index is 12.4. The predicted molar refractivity (Wildman–Crippen MR) is 153 cm³/mol. The van der Waals surface area contributed by atoms with Gasteiger partial charge < -0.3 is 51.2 Å². The highest BCUT2D eigenvalue weighted by molar-refractivity contribution is 6.90. The molecule has 0 aliphatic rings.